The van der Waals surface area contributed by atoms with Gasteiger partial charge in [-0.15, -0.1) is 0 Å². The average molecular weight is 279 g/mol. The van der Waals surface area contributed by atoms with Crippen LogP contribution in [0.25, 0.3) is 0 Å². The van der Waals surface area contributed by atoms with Gasteiger partial charge in [-0.25, -0.2) is 0 Å². The van der Waals surface area contributed by atoms with Crippen molar-refractivity contribution in [2.45, 2.75) is 40.2 Å². The Labute approximate surface area is 121 Å². The molecule has 1 aromatic carbocycles. The highest BCUT2D eigenvalue weighted by Gasteiger charge is 2.13. The molecule has 0 saturated carbocycles. The summed E-state index contributed by atoms with van der Waals surface area (Å²) in [5.41, 5.74) is 2.10. The van der Waals surface area contributed by atoms with Crippen molar-refractivity contribution in [1.29, 1.82) is 0 Å². The van der Waals surface area contributed by atoms with Crippen molar-refractivity contribution in [2.24, 2.45) is 5.92 Å². The SMILES string of the molecule is CCC(C)C(O)CNC(=O)COc1cc(C)ccc1C. The minimum Gasteiger partial charge on any atom is -0.483 e. The van der Waals surface area contributed by atoms with Crippen LogP contribution in [-0.4, -0.2) is 30.3 Å². The van der Waals surface area contributed by atoms with Gasteiger partial charge in [0.2, 0.25) is 0 Å². The van der Waals surface area contributed by atoms with Gasteiger partial charge in [-0.3, -0.25) is 4.79 Å². The quantitative estimate of drug-likeness (QED) is 0.804. The summed E-state index contributed by atoms with van der Waals surface area (Å²) in [6.45, 7) is 8.14. The topological polar surface area (TPSA) is 58.6 Å². The number of ether oxygens (including phenoxy) is 1. The van der Waals surface area contributed by atoms with Crippen molar-refractivity contribution >= 4 is 5.91 Å². The fraction of sp³-hybridized carbons (Fsp3) is 0.562. The third-order valence-electron chi connectivity index (χ3n) is 3.51. The normalized spacial score (nSPS) is 13.7. The molecule has 2 unspecified atom stereocenters. The molecule has 1 amide bonds. The molecule has 0 aliphatic rings. The largest absolute Gasteiger partial charge is 0.483 e. The minimum absolute atomic E-state index is 0.0302. The van der Waals surface area contributed by atoms with Crippen molar-refractivity contribution in [2.75, 3.05) is 13.2 Å². The van der Waals surface area contributed by atoms with E-state index in [1.54, 1.807) is 0 Å². The lowest BCUT2D eigenvalue weighted by Crippen LogP contribution is -2.37. The Morgan fingerprint density at radius 1 is 1.40 bits per heavy atom. The molecule has 0 aliphatic carbocycles. The predicted octanol–water partition coefficient (Wildman–Crippen LogP) is 2.21. The highest BCUT2D eigenvalue weighted by molar-refractivity contribution is 5.77. The number of aliphatic hydroxyl groups excluding tert-OH is 1. The van der Waals surface area contributed by atoms with Crippen molar-refractivity contribution in [3.63, 3.8) is 0 Å². The monoisotopic (exact) mass is 279 g/mol. The smallest absolute Gasteiger partial charge is 0.258 e. The number of benzene rings is 1. The molecule has 1 rings (SSSR count). The number of hydrogen-bond acceptors (Lipinski definition) is 3. The first-order chi connectivity index (χ1) is 9.43. The number of rotatable bonds is 7. The van der Waals surface area contributed by atoms with Crippen LogP contribution in [0.4, 0.5) is 0 Å². The van der Waals surface area contributed by atoms with Crippen molar-refractivity contribution in [3.8, 4) is 5.75 Å². The lowest BCUT2D eigenvalue weighted by atomic mass is 10.0. The van der Waals surface area contributed by atoms with E-state index in [4.69, 9.17) is 4.74 Å². The van der Waals surface area contributed by atoms with Gasteiger partial charge in [-0.05, 0) is 37.0 Å². The van der Waals surface area contributed by atoms with Crippen LogP contribution < -0.4 is 10.1 Å². The summed E-state index contributed by atoms with van der Waals surface area (Å²) < 4.78 is 5.50. The van der Waals surface area contributed by atoms with Crippen LogP contribution >= 0.6 is 0 Å². The first-order valence-electron chi connectivity index (χ1n) is 7.08. The maximum Gasteiger partial charge on any atom is 0.258 e. The van der Waals surface area contributed by atoms with Crippen LogP contribution in [0.2, 0.25) is 0 Å². The first kappa shape index (κ1) is 16.5. The van der Waals surface area contributed by atoms with E-state index in [2.05, 4.69) is 5.32 Å². The Hall–Kier alpha value is -1.55. The third-order valence-corrected chi connectivity index (χ3v) is 3.51. The molecule has 0 aromatic heterocycles. The molecule has 0 bridgehead atoms. The number of carbonyl (C=O) groups excluding carboxylic acids is 1. The van der Waals surface area contributed by atoms with E-state index < -0.39 is 6.10 Å². The molecular formula is C16H25NO3. The van der Waals surface area contributed by atoms with Crippen LogP contribution in [0.3, 0.4) is 0 Å². The zero-order valence-corrected chi connectivity index (χ0v) is 12.8. The molecule has 2 N–H and O–H groups in total. The van der Waals surface area contributed by atoms with E-state index in [1.165, 1.54) is 0 Å². The molecule has 4 heteroatoms. The van der Waals surface area contributed by atoms with Crippen LogP contribution in [0.15, 0.2) is 18.2 Å². The van der Waals surface area contributed by atoms with Crippen molar-refractivity contribution in [3.05, 3.63) is 29.3 Å². The lowest BCUT2D eigenvalue weighted by molar-refractivity contribution is -0.123. The molecule has 4 nitrogen and oxygen atoms in total. The second-order valence-corrected chi connectivity index (χ2v) is 5.31. The molecule has 0 radical (unpaired) electrons. The molecule has 20 heavy (non-hydrogen) atoms. The van der Waals surface area contributed by atoms with Gasteiger partial charge in [-0.1, -0.05) is 32.4 Å². The highest BCUT2D eigenvalue weighted by Crippen LogP contribution is 2.18. The Morgan fingerprint density at radius 2 is 2.10 bits per heavy atom. The second-order valence-electron chi connectivity index (χ2n) is 5.31. The summed E-state index contributed by atoms with van der Waals surface area (Å²) in [5, 5.41) is 12.5. The van der Waals surface area contributed by atoms with E-state index in [-0.39, 0.29) is 25.0 Å². The molecule has 0 spiro atoms. The molecule has 112 valence electrons. The van der Waals surface area contributed by atoms with Crippen LogP contribution in [0, 0.1) is 19.8 Å². The highest BCUT2D eigenvalue weighted by atomic mass is 16.5. The average Bonchev–Trinajstić information content (AvgIpc) is 2.44. The fourth-order valence-electron chi connectivity index (χ4n) is 1.75. The summed E-state index contributed by atoms with van der Waals surface area (Å²) in [6, 6.07) is 5.89. The third kappa shape index (κ3) is 5.21. The Bertz CT molecular complexity index is 445. The minimum atomic E-state index is -0.510. The maximum atomic E-state index is 11.7. The van der Waals surface area contributed by atoms with Gasteiger partial charge in [0, 0.05) is 6.54 Å². The maximum absolute atomic E-state index is 11.7. The van der Waals surface area contributed by atoms with E-state index in [0.29, 0.717) is 0 Å². The molecule has 2 atom stereocenters. The first-order valence-corrected chi connectivity index (χ1v) is 7.08. The van der Waals surface area contributed by atoms with E-state index in [0.717, 1.165) is 23.3 Å². The number of carbonyl (C=O) groups is 1. The Morgan fingerprint density at radius 3 is 2.75 bits per heavy atom. The zero-order chi connectivity index (χ0) is 15.1. The summed E-state index contributed by atoms with van der Waals surface area (Å²) in [6.07, 6.45) is 0.375. The molecule has 1 aromatic rings. The van der Waals surface area contributed by atoms with Crippen LogP contribution in [0.5, 0.6) is 5.75 Å². The fourth-order valence-corrected chi connectivity index (χ4v) is 1.75. The van der Waals surface area contributed by atoms with Crippen LogP contribution in [-0.2, 0) is 4.79 Å². The van der Waals surface area contributed by atoms with Gasteiger partial charge in [-0.2, -0.15) is 0 Å². The molecular weight excluding hydrogens is 254 g/mol. The summed E-state index contributed by atoms with van der Waals surface area (Å²) in [7, 11) is 0. The standard InChI is InChI=1S/C16H25NO3/c1-5-12(3)14(18)9-17-16(19)10-20-15-8-11(2)6-7-13(15)4/h6-8,12,14,18H,5,9-10H2,1-4H3,(H,17,19). The number of hydrogen-bond donors (Lipinski definition) is 2. The molecule has 0 fully saturated rings. The van der Waals surface area contributed by atoms with E-state index in [1.807, 2.05) is 45.9 Å². The second kappa shape index (κ2) is 7.90. The van der Waals surface area contributed by atoms with Gasteiger partial charge in [0.15, 0.2) is 6.61 Å². The lowest BCUT2D eigenvalue weighted by Gasteiger charge is -2.17. The van der Waals surface area contributed by atoms with Gasteiger partial charge < -0.3 is 15.2 Å². The van der Waals surface area contributed by atoms with Gasteiger partial charge in [0.25, 0.3) is 5.91 Å². The van der Waals surface area contributed by atoms with Crippen molar-refractivity contribution < 1.29 is 14.6 Å². The van der Waals surface area contributed by atoms with Gasteiger partial charge in [0.1, 0.15) is 5.75 Å². The molecule has 0 heterocycles. The van der Waals surface area contributed by atoms with Crippen molar-refractivity contribution in [1.82, 2.24) is 5.32 Å². The summed E-state index contributed by atoms with van der Waals surface area (Å²) in [4.78, 5) is 11.7. The number of aryl methyl sites for hydroxylation is 2. The summed E-state index contributed by atoms with van der Waals surface area (Å²) in [5.74, 6) is 0.686. The Kier molecular flexibility index (Phi) is 6.52. The summed E-state index contributed by atoms with van der Waals surface area (Å²) >= 11 is 0. The number of nitrogens with one attached hydrogen (secondary N) is 1. The van der Waals surface area contributed by atoms with E-state index in [9.17, 15) is 9.90 Å². The number of amides is 1. The van der Waals surface area contributed by atoms with Gasteiger partial charge in [0.05, 0.1) is 6.10 Å². The van der Waals surface area contributed by atoms with E-state index >= 15 is 0 Å². The predicted molar refractivity (Wildman–Crippen MR) is 79.9 cm³/mol. The Balaban J connectivity index is 2.38. The molecule has 0 saturated heterocycles. The molecule has 0 aliphatic heterocycles. The van der Waals surface area contributed by atoms with Gasteiger partial charge >= 0.3 is 0 Å². The number of aliphatic hydroxyl groups is 1. The zero-order valence-electron chi connectivity index (χ0n) is 12.8. The van der Waals surface area contributed by atoms with Crippen LogP contribution in [0.1, 0.15) is 31.4 Å².